The highest BCUT2D eigenvalue weighted by molar-refractivity contribution is 9.10. The van der Waals surface area contributed by atoms with E-state index < -0.39 is 18.5 Å². The maximum absolute atomic E-state index is 12.5. The predicted molar refractivity (Wildman–Crippen MR) is 118 cm³/mol. The van der Waals surface area contributed by atoms with Gasteiger partial charge < -0.3 is 24.3 Å². The Morgan fingerprint density at radius 2 is 1.67 bits per heavy atom. The second kappa shape index (κ2) is 11.4. The zero-order valence-electron chi connectivity index (χ0n) is 17.5. The lowest BCUT2D eigenvalue weighted by atomic mass is 10.1. The fraction of sp³-hybridized carbons (Fsp3) is 0.364. The van der Waals surface area contributed by atoms with E-state index in [1.165, 1.54) is 33.0 Å². The van der Waals surface area contributed by atoms with Crippen LogP contribution < -0.4 is 19.5 Å². The zero-order valence-corrected chi connectivity index (χ0v) is 19.1. The highest BCUT2D eigenvalue weighted by atomic mass is 79.9. The summed E-state index contributed by atoms with van der Waals surface area (Å²) < 4.78 is 21.3. The Morgan fingerprint density at radius 3 is 2.23 bits per heavy atom. The molecule has 0 bridgehead atoms. The molecule has 162 valence electrons. The molecule has 0 saturated carbocycles. The predicted octanol–water partition coefficient (Wildman–Crippen LogP) is 4.61. The molecule has 0 saturated heterocycles. The number of hydrogen-bond acceptors (Lipinski definition) is 6. The van der Waals surface area contributed by atoms with Crippen molar-refractivity contribution in [2.75, 3.05) is 33.3 Å². The summed E-state index contributed by atoms with van der Waals surface area (Å²) in [5.41, 5.74) is 2.01. The van der Waals surface area contributed by atoms with Gasteiger partial charge in [-0.2, -0.15) is 0 Å². The molecule has 0 spiro atoms. The minimum Gasteiger partial charge on any atom is -0.493 e. The number of amides is 1. The van der Waals surface area contributed by atoms with Crippen molar-refractivity contribution in [3.8, 4) is 17.2 Å². The molecule has 1 amide bonds. The summed E-state index contributed by atoms with van der Waals surface area (Å²) in [6.07, 6.45) is 3.26. The molecule has 0 aliphatic rings. The van der Waals surface area contributed by atoms with E-state index in [4.69, 9.17) is 18.9 Å². The largest absolute Gasteiger partial charge is 0.493 e. The lowest BCUT2D eigenvalue weighted by Gasteiger charge is -2.16. The van der Waals surface area contributed by atoms with Crippen LogP contribution in [0.3, 0.4) is 0 Å². The van der Waals surface area contributed by atoms with Crippen molar-refractivity contribution in [1.29, 1.82) is 0 Å². The molecule has 0 heterocycles. The quantitative estimate of drug-likeness (QED) is 0.500. The van der Waals surface area contributed by atoms with Gasteiger partial charge >= 0.3 is 5.97 Å². The number of ether oxygens (including phenoxy) is 4. The molecular formula is C22H26BrNO6. The van der Waals surface area contributed by atoms with E-state index in [1.54, 1.807) is 0 Å². The second-order valence-corrected chi connectivity index (χ2v) is 7.22. The van der Waals surface area contributed by atoms with Gasteiger partial charge in [-0.3, -0.25) is 4.79 Å². The summed E-state index contributed by atoms with van der Waals surface area (Å²) in [4.78, 5) is 24.7. The number of hydrogen-bond donors (Lipinski definition) is 1. The Balaban J connectivity index is 2.02. The van der Waals surface area contributed by atoms with Crippen LogP contribution in [0, 0.1) is 0 Å². The third kappa shape index (κ3) is 5.89. The Kier molecular flexibility index (Phi) is 8.98. The standard InChI is InChI=1S/C22H26BrNO6/c1-5-6-7-14-8-10-15(11-9-14)24-18(25)13-30-22(26)16-12-17(27-2)20(28-3)21(29-4)19(16)23/h8-12H,5-7,13H2,1-4H3,(H,24,25). The van der Waals surface area contributed by atoms with Crippen LogP contribution in [0.25, 0.3) is 0 Å². The molecule has 7 nitrogen and oxygen atoms in total. The number of halogens is 1. The van der Waals surface area contributed by atoms with Gasteiger partial charge in [0.2, 0.25) is 5.75 Å². The van der Waals surface area contributed by atoms with Gasteiger partial charge in [0.15, 0.2) is 18.1 Å². The van der Waals surface area contributed by atoms with Crippen molar-refractivity contribution in [3.05, 3.63) is 45.9 Å². The summed E-state index contributed by atoms with van der Waals surface area (Å²) in [5, 5.41) is 2.71. The first-order valence-electron chi connectivity index (χ1n) is 9.49. The van der Waals surface area contributed by atoms with E-state index in [2.05, 4.69) is 28.2 Å². The molecule has 0 radical (unpaired) electrons. The summed E-state index contributed by atoms with van der Waals surface area (Å²) in [7, 11) is 4.35. The van der Waals surface area contributed by atoms with Gasteiger partial charge in [-0.25, -0.2) is 4.79 Å². The van der Waals surface area contributed by atoms with Crippen LogP contribution >= 0.6 is 15.9 Å². The van der Waals surface area contributed by atoms with Gasteiger partial charge in [-0.15, -0.1) is 0 Å². The molecule has 30 heavy (non-hydrogen) atoms. The number of rotatable bonds is 10. The number of benzene rings is 2. The number of methoxy groups -OCH3 is 3. The van der Waals surface area contributed by atoms with E-state index in [1.807, 2.05) is 24.3 Å². The highest BCUT2D eigenvalue weighted by Gasteiger charge is 2.24. The maximum Gasteiger partial charge on any atom is 0.340 e. The lowest BCUT2D eigenvalue weighted by molar-refractivity contribution is -0.119. The smallest absolute Gasteiger partial charge is 0.340 e. The molecule has 0 aliphatic carbocycles. The van der Waals surface area contributed by atoms with Gasteiger partial charge in [0.25, 0.3) is 5.91 Å². The normalized spacial score (nSPS) is 10.3. The third-order valence-corrected chi connectivity index (χ3v) is 5.17. The number of carbonyl (C=O) groups excluding carboxylic acids is 2. The molecule has 0 unspecified atom stereocenters. The van der Waals surface area contributed by atoms with Gasteiger partial charge in [0, 0.05) is 5.69 Å². The summed E-state index contributed by atoms with van der Waals surface area (Å²) in [6, 6.07) is 9.08. The first kappa shape index (κ1) is 23.5. The first-order chi connectivity index (χ1) is 14.4. The number of esters is 1. The van der Waals surface area contributed by atoms with E-state index in [0.29, 0.717) is 21.7 Å². The molecule has 0 atom stereocenters. The maximum atomic E-state index is 12.5. The van der Waals surface area contributed by atoms with E-state index >= 15 is 0 Å². The van der Waals surface area contributed by atoms with Crippen LogP contribution in [0.5, 0.6) is 17.2 Å². The fourth-order valence-electron chi connectivity index (χ4n) is 2.81. The Morgan fingerprint density at radius 1 is 1.00 bits per heavy atom. The molecule has 1 N–H and O–H groups in total. The van der Waals surface area contributed by atoms with E-state index in [9.17, 15) is 9.59 Å². The molecule has 2 aromatic carbocycles. The highest BCUT2D eigenvalue weighted by Crippen LogP contribution is 2.44. The van der Waals surface area contributed by atoms with Crippen molar-refractivity contribution in [1.82, 2.24) is 0 Å². The summed E-state index contributed by atoms with van der Waals surface area (Å²) >= 11 is 3.32. The van der Waals surface area contributed by atoms with Crippen molar-refractivity contribution >= 4 is 33.5 Å². The number of anilines is 1. The molecule has 8 heteroatoms. The topological polar surface area (TPSA) is 83.1 Å². The summed E-state index contributed by atoms with van der Waals surface area (Å²) in [5.74, 6) is -0.212. The van der Waals surface area contributed by atoms with Crippen LogP contribution in [0.15, 0.2) is 34.8 Å². The lowest BCUT2D eigenvalue weighted by Crippen LogP contribution is -2.21. The monoisotopic (exact) mass is 479 g/mol. The van der Waals surface area contributed by atoms with Crippen LogP contribution in [-0.2, 0) is 16.0 Å². The second-order valence-electron chi connectivity index (χ2n) is 6.43. The SMILES string of the molecule is CCCCc1ccc(NC(=O)COC(=O)c2cc(OC)c(OC)c(OC)c2Br)cc1. The Labute approximate surface area is 184 Å². The first-order valence-corrected chi connectivity index (χ1v) is 10.3. The van der Waals surface area contributed by atoms with Gasteiger partial charge in [-0.1, -0.05) is 25.5 Å². The third-order valence-electron chi connectivity index (χ3n) is 4.38. The van der Waals surface area contributed by atoms with Gasteiger partial charge in [0.05, 0.1) is 31.4 Å². The van der Waals surface area contributed by atoms with Crippen LogP contribution in [0.2, 0.25) is 0 Å². The van der Waals surface area contributed by atoms with E-state index in [0.717, 1.165) is 19.3 Å². The molecule has 2 rings (SSSR count). The molecule has 2 aromatic rings. The van der Waals surface area contributed by atoms with Crippen molar-refractivity contribution < 1.29 is 28.5 Å². The van der Waals surface area contributed by atoms with Crippen molar-refractivity contribution in [2.45, 2.75) is 26.2 Å². The van der Waals surface area contributed by atoms with Gasteiger partial charge in [-0.05, 0) is 52.5 Å². The zero-order chi connectivity index (χ0) is 22.1. The van der Waals surface area contributed by atoms with Crippen LogP contribution in [0.1, 0.15) is 35.7 Å². The number of nitrogens with one attached hydrogen (secondary N) is 1. The molecule has 0 aliphatic heterocycles. The number of unbranched alkanes of at least 4 members (excludes halogenated alkanes) is 1. The molecule has 0 fully saturated rings. The summed E-state index contributed by atoms with van der Waals surface area (Å²) in [6.45, 7) is 1.71. The van der Waals surface area contributed by atoms with Crippen LogP contribution in [0.4, 0.5) is 5.69 Å². The van der Waals surface area contributed by atoms with Gasteiger partial charge in [0.1, 0.15) is 0 Å². The Hall–Kier alpha value is -2.74. The number of aryl methyl sites for hydroxylation is 1. The minimum absolute atomic E-state index is 0.151. The average Bonchev–Trinajstić information content (AvgIpc) is 2.76. The number of carbonyl (C=O) groups is 2. The molecular weight excluding hydrogens is 454 g/mol. The Bertz CT molecular complexity index is 882. The minimum atomic E-state index is -0.703. The van der Waals surface area contributed by atoms with Crippen molar-refractivity contribution in [3.63, 3.8) is 0 Å². The van der Waals surface area contributed by atoms with Crippen molar-refractivity contribution in [2.24, 2.45) is 0 Å². The molecule has 0 aromatic heterocycles. The van der Waals surface area contributed by atoms with Crippen LogP contribution in [-0.4, -0.2) is 39.8 Å². The van der Waals surface area contributed by atoms with E-state index in [-0.39, 0.29) is 11.3 Å². The fourth-order valence-corrected chi connectivity index (χ4v) is 3.43. The average molecular weight is 480 g/mol.